The lowest BCUT2D eigenvalue weighted by Gasteiger charge is -2.39. The van der Waals surface area contributed by atoms with Crippen LogP contribution in [0.1, 0.15) is 36.7 Å². The molecule has 190 valence electrons. The number of allylic oxidation sites excluding steroid dienone is 1. The highest BCUT2D eigenvalue weighted by Crippen LogP contribution is 2.38. The Morgan fingerprint density at radius 1 is 1.08 bits per heavy atom. The molecule has 7 heterocycles. The molecule has 4 aromatic rings. The molecule has 0 N–H and O–H groups in total. The van der Waals surface area contributed by atoms with Gasteiger partial charge in [0.25, 0.3) is 0 Å². The van der Waals surface area contributed by atoms with Crippen LogP contribution in [0.4, 0.5) is 4.39 Å². The molecule has 3 aliphatic rings. The number of ether oxygens (including phenoxy) is 2. The second-order valence-corrected chi connectivity index (χ2v) is 9.39. The highest BCUT2D eigenvalue weighted by molar-refractivity contribution is 5.79. The van der Waals surface area contributed by atoms with Crippen molar-refractivity contribution < 1.29 is 13.9 Å². The van der Waals surface area contributed by atoms with Crippen LogP contribution in [0.25, 0.3) is 28.1 Å². The molecule has 1 saturated heterocycles. The Hall–Kier alpha value is -4.08. The summed E-state index contributed by atoms with van der Waals surface area (Å²) in [5, 5.41) is 0. The minimum absolute atomic E-state index is 0.271. The number of pyridine rings is 2. The van der Waals surface area contributed by atoms with E-state index in [9.17, 15) is 4.39 Å². The van der Waals surface area contributed by atoms with E-state index >= 15 is 0 Å². The molecule has 10 heteroatoms. The Morgan fingerprint density at radius 2 is 1.92 bits per heavy atom. The van der Waals surface area contributed by atoms with Gasteiger partial charge in [0.2, 0.25) is 0 Å². The lowest BCUT2D eigenvalue weighted by Crippen LogP contribution is -2.35. The summed E-state index contributed by atoms with van der Waals surface area (Å²) in [5.41, 5.74) is 5.48. The molecule has 0 amide bonds. The maximum absolute atomic E-state index is 14.1. The summed E-state index contributed by atoms with van der Waals surface area (Å²) in [7, 11) is 1.66. The van der Waals surface area contributed by atoms with Crippen molar-refractivity contribution in [2.24, 2.45) is 5.92 Å². The van der Waals surface area contributed by atoms with Crippen LogP contribution < -0.4 is 9.47 Å². The molecule has 1 fully saturated rings. The third-order valence-electron chi connectivity index (χ3n) is 7.06. The van der Waals surface area contributed by atoms with Crippen LogP contribution in [0.15, 0.2) is 36.9 Å². The maximum atomic E-state index is 14.1. The molecule has 4 aromatic heterocycles. The number of aromatic nitrogens is 6. The molecule has 0 unspecified atom stereocenters. The fourth-order valence-corrected chi connectivity index (χ4v) is 5.23. The number of nitrogens with zero attached hydrogens (tertiary/aromatic N) is 7. The molecule has 7 rings (SSSR count). The van der Waals surface area contributed by atoms with E-state index in [1.54, 1.807) is 13.3 Å². The fourth-order valence-electron chi connectivity index (χ4n) is 5.23. The third kappa shape index (κ3) is 4.26. The van der Waals surface area contributed by atoms with Gasteiger partial charge in [-0.3, -0.25) is 9.97 Å². The first-order chi connectivity index (χ1) is 18.0. The average molecular weight is 502 g/mol. The van der Waals surface area contributed by atoms with Gasteiger partial charge >= 0.3 is 6.01 Å². The van der Waals surface area contributed by atoms with Gasteiger partial charge < -0.3 is 18.9 Å². The number of aryl methyl sites for hydroxylation is 1. The van der Waals surface area contributed by atoms with Crippen molar-refractivity contribution in [3.63, 3.8) is 0 Å². The quantitative estimate of drug-likeness (QED) is 0.371. The number of halogens is 1. The molecular formula is C27H28FN7O2. The van der Waals surface area contributed by atoms with Gasteiger partial charge in [-0.25, -0.2) is 9.37 Å². The summed E-state index contributed by atoms with van der Waals surface area (Å²) in [6, 6.07) is 3.69. The smallest absolute Gasteiger partial charge is 0.318 e. The summed E-state index contributed by atoms with van der Waals surface area (Å²) in [5.74, 6) is 1.35. The Labute approximate surface area is 214 Å². The Balaban J connectivity index is 1.46. The first-order valence-electron chi connectivity index (χ1n) is 12.5. The number of fused-ring (bicyclic) bond motifs is 3. The Kier molecular flexibility index (Phi) is 5.94. The number of rotatable bonds is 7. The van der Waals surface area contributed by atoms with Crippen molar-refractivity contribution in [2.75, 3.05) is 26.8 Å². The van der Waals surface area contributed by atoms with Crippen LogP contribution in [0, 0.1) is 18.7 Å². The van der Waals surface area contributed by atoms with Crippen molar-refractivity contribution in [3.05, 3.63) is 59.7 Å². The normalized spacial score (nSPS) is 15.4. The second kappa shape index (κ2) is 9.42. The molecule has 0 spiro atoms. The molecule has 0 radical (unpaired) electrons. The zero-order valence-corrected chi connectivity index (χ0v) is 21.1. The summed E-state index contributed by atoms with van der Waals surface area (Å²) in [6.07, 6.45) is 9.17. The van der Waals surface area contributed by atoms with E-state index in [0.29, 0.717) is 47.3 Å². The van der Waals surface area contributed by atoms with Gasteiger partial charge in [-0.15, -0.1) is 0 Å². The van der Waals surface area contributed by atoms with Gasteiger partial charge in [0.1, 0.15) is 22.9 Å². The average Bonchev–Trinajstić information content (AvgIpc) is 3.28. The van der Waals surface area contributed by atoms with Crippen LogP contribution in [0.5, 0.6) is 11.8 Å². The minimum atomic E-state index is -0.441. The number of methoxy groups -OCH3 is 1. The van der Waals surface area contributed by atoms with Crippen LogP contribution in [0.2, 0.25) is 0 Å². The number of imidazole rings is 1. The van der Waals surface area contributed by atoms with Crippen LogP contribution in [-0.2, 0) is 6.54 Å². The molecule has 3 aliphatic heterocycles. The Morgan fingerprint density at radius 3 is 2.62 bits per heavy atom. The van der Waals surface area contributed by atoms with Crippen molar-refractivity contribution in [2.45, 2.75) is 33.2 Å². The van der Waals surface area contributed by atoms with Crippen LogP contribution in [-0.4, -0.2) is 61.2 Å². The van der Waals surface area contributed by atoms with E-state index in [1.807, 2.05) is 30.7 Å². The van der Waals surface area contributed by atoms with Crippen LogP contribution in [0.3, 0.4) is 0 Å². The predicted octanol–water partition coefficient (Wildman–Crippen LogP) is 4.25. The van der Waals surface area contributed by atoms with E-state index in [2.05, 4.69) is 26.1 Å². The van der Waals surface area contributed by atoms with E-state index in [-0.39, 0.29) is 6.01 Å². The van der Waals surface area contributed by atoms with Gasteiger partial charge in [-0.05, 0) is 44.2 Å². The lowest BCUT2D eigenvalue weighted by atomic mass is 9.84. The molecular weight excluding hydrogens is 473 g/mol. The van der Waals surface area contributed by atoms with Crippen molar-refractivity contribution in [1.82, 2.24) is 34.4 Å². The second-order valence-electron chi connectivity index (χ2n) is 9.39. The highest BCUT2D eigenvalue weighted by atomic mass is 19.1. The zero-order valence-electron chi connectivity index (χ0n) is 21.1. The van der Waals surface area contributed by atoms with Crippen molar-refractivity contribution in [1.29, 1.82) is 0 Å². The monoisotopic (exact) mass is 501 g/mol. The molecule has 0 aliphatic carbocycles. The van der Waals surface area contributed by atoms with Gasteiger partial charge in [0, 0.05) is 48.9 Å². The summed E-state index contributed by atoms with van der Waals surface area (Å²) < 4.78 is 27.5. The number of piperidine rings is 1. The van der Waals surface area contributed by atoms with Gasteiger partial charge in [-0.2, -0.15) is 9.97 Å². The van der Waals surface area contributed by atoms with E-state index in [0.717, 1.165) is 42.9 Å². The predicted molar refractivity (Wildman–Crippen MR) is 137 cm³/mol. The summed E-state index contributed by atoms with van der Waals surface area (Å²) >= 11 is 0. The topological polar surface area (TPSA) is 91.1 Å². The molecule has 9 nitrogen and oxygen atoms in total. The van der Waals surface area contributed by atoms with Crippen LogP contribution >= 0.6 is 0 Å². The standard InChI is InChI=1S/C27H28FN7O2/c1-4-37-27-31-16(2)24-26(33-27)35(25(32-24)18-9-20(28)13-29-11-18)14-19-12-30-22(10-23(19)36-3)21-15-34-7-5-17(21)6-8-34/h9-13,15,17H,4-8,14H2,1-3H3. The van der Waals surface area contributed by atoms with Gasteiger partial charge in [0.05, 0.1) is 37.8 Å². The molecule has 0 aromatic carbocycles. The van der Waals surface area contributed by atoms with Gasteiger partial charge in [0.15, 0.2) is 5.65 Å². The SMILES string of the molecule is CCOc1nc(C)c2nc(-c3cncc(F)c3)n(Cc3cnc(C4=CN5CCC4CC5)cc3OC)c2n1. The molecule has 0 saturated carbocycles. The minimum Gasteiger partial charge on any atom is -0.496 e. The van der Waals surface area contributed by atoms with Crippen molar-refractivity contribution >= 4 is 16.7 Å². The van der Waals surface area contributed by atoms with Gasteiger partial charge in [-0.1, -0.05) is 0 Å². The Bertz CT molecular complexity index is 1510. The van der Waals surface area contributed by atoms with E-state index < -0.39 is 5.82 Å². The molecule has 0 atom stereocenters. The fraction of sp³-hybridized carbons (Fsp3) is 0.370. The summed E-state index contributed by atoms with van der Waals surface area (Å²) in [4.78, 5) is 25.1. The first-order valence-corrected chi connectivity index (χ1v) is 12.5. The largest absolute Gasteiger partial charge is 0.496 e. The van der Waals surface area contributed by atoms with Crippen molar-refractivity contribution in [3.8, 4) is 23.1 Å². The molecule has 2 bridgehead atoms. The van der Waals surface area contributed by atoms with E-state index in [4.69, 9.17) is 19.4 Å². The third-order valence-corrected chi connectivity index (χ3v) is 7.06. The maximum Gasteiger partial charge on any atom is 0.318 e. The van der Waals surface area contributed by atoms with E-state index in [1.165, 1.54) is 17.8 Å². The number of hydrogen-bond donors (Lipinski definition) is 0. The summed E-state index contributed by atoms with van der Waals surface area (Å²) in [6.45, 7) is 6.75. The zero-order chi connectivity index (χ0) is 25.5. The lowest BCUT2D eigenvalue weighted by molar-refractivity contribution is 0.252. The number of hydrogen-bond acceptors (Lipinski definition) is 8. The first kappa shape index (κ1) is 23.3. The molecule has 37 heavy (non-hydrogen) atoms. The highest BCUT2D eigenvalue weighted by Gasteiger charge is 2.29.